The number of fused-ring (bicyclic) bond motifs is 1. The lowest BCUT2D eigenvalue weighted by molar-refractivity contribution is -0.113. The van der Waals surface area contributed by atoms with E-state index in [0.29, 0.717) is 5.02 Å². The van der Waals surface area contributed by atoms with Gasteiger partial charge in [0.25, 0.3) is 11.8 Å². The number of carbonyl (C=O) groups excluding carboxylic acids is 3. The number of imide groups is 1. The van der Waals surface area contributed by atoms with Crippen molar-refractivity contribution < 1.29 is 22.8 Å². The minimum atomic E-state index is -3.83. The highest BCUT2D eigenvalue weighted by molar-refractivity contribution is 7.92. The molecule has 3 amide bonds. The molecular formula is C16H11ClN2O5S. The maximum Gasteiger partial charge on any atom is 0.259 e. The fourth-order valence-corrected chi connectivity index (χ4v) is 3.60. The van der Waals surface area contributed by atoms with Gasteiger partial charge in [-0.1, -0.05) is 11.6 Å². The van der Waals surface area contributed by atoms with Gasteiger partial charge in [-0.05, 0) is 42.5 Å². The van der Waals surface area contributed by atoms with E-state index in [2.05, 4.69) is 10.6 Å². The van der Waals surface area contributed by atoms with Crippen molar-refractivity contribution in [3.05, 3.63) is 58.6 Å². The number of carbonyl (C=O) groups is 3. The molecule has 1 aliphatic heterocycles. The Morgan fingerprint density at radius 3 is 2.32 bits per heavy atom. The fourth-order valence-electron chi connectivity index (χ4n) is 2.34. The number of hydrogen-bond acceptors (Lipinski definition) is 5. The molecule has 0 spiro atoms. The summed E-state index contributed by atoms with van der Waals surface area (Å²) in [6.07, 6.45) is 0. The second kappa shape index (κ2) is 6.30. The Bertz CT molecular complexity index is 1000. The first-order chi connectivity index (χ1) is 11.8. The molecule has 1 heterocycles. The number of sulfone groups is 1. The summed E-state index contributed by atoms with van der Waals surface area (Å²) in [5.74, 6) is -2.61. The Hall–Kier alpha value is -2.71. The summed E-state index contributed by atoms with van der Waals surface area (Å²) in [4.78, 5) is 35.1. The molecule has 7 nitrogen and oxygen atoms in total. The highest BCUT2D eigenvalue weighted by Crippen LogP contribution is 2.21. The number of nitrogens with one attached hydrogen (secondary N) is 2. The molecule has 2 aromatic rings. The van der Waals surface area contributed by atoms with Crippen LogP contribution in [-0.2, 0) is 14.6 Å². The quantitative estimate of drug-likeness (QED) is 0.786. The number of halogens is 1. The van der Waals surface area contributed by atoms with E-state index >= 15 is 0 Å². The van der Waals surface area contributed by atoms with Crippen molar-refractivity contribution in [1.82, 2.24) is 5.32 Å². The SMILES string of the molecule is O=C(CS(=O)(=O)c1ccc(Cl)cc1)Nc1ccc2c(c1)C(=O)NC2=O. The van der Waals surface area contributed by atoms with Crippen LogP contribution >= 0.6 is 11.6 Å². The molecule has 128 valence electrons. The Kier molecular flexibility index (Phi) is 4.32. The Labute approximate surface area is 147 Å². The highest BCUT2D eigenvalue weighted by atomic mass is 35.5. The zero-order chi connectivity index (χ0) is 18.2. The lowest BCUT2D eigenvalue weighted by Crippen LogP contribution is -2.23. The number of amides is 3. The largest absolute Gasteiger partial charge is 0.325 e. The van der Waals surface area contributed by atoms with E-state index in [9.17, 15) is 22.8 Å². The number of anilines is 1. The first-order valence-corrected chi connectivity index (χ1v) is 9.07. The number of rotatable bonds is 4. The zero-order valence-electron chi connectivity index (χ0n) is 12.6. The van der Waals surface area contributed by atoms with Gasteiger partial charge < -0.3 is 5.32 Å². The molecule has 0 saturated heterocycles. The molecule has 0 saturated carbocycles. The van der Waals surface area contributed by atoms with Crippen molar-refractivity contribution in [2.75, 3.05) is 11.1 Å². The summed E-state index contributed by atoms with van der Waals surface area (Å²) < 4.78 is 24.4. The third kappa shape index (κ3) is 3.54. The van der Waals surface area contributed by atoms with Crippen LogP contribution in [0.25, 0.3) is 0 Å². The van der Waals surface area contributed by atoms with E-state index in [4.69, 9.17) is 11.6 Å². The van der Waals surface area contributed by atoms with Gasteiger partial charge in [-0.2, -0.15) is 0 Å². The molecule has 2 aromatic carbocycles. The maximum absolute atomic E-state index is 12.2. The molecule has 2 N–H and O–H groups in total. The molecule has 3 rings (SSSR count). The molecule has 0 radical (unpaired) electrons. The van der Waals surface area contributed by atoms with Crippen molar-refractivity contribution in [2.24, 2.45) is 0 Å². The van der Waals surface area contributed by atoms with Crippen LogP contribution < -0.4 is 10.6 Å². The van der Waals surface area contributed by atoms with Gasteiger partial charge in [0, 0.05) is 10.7 Å². The Morgan fingerprint density at radius 1 is 1.00 bits per heavy atom. The molecule has 0 fully saturated rings. The molecule has 9 heteroatoms. The Balaban J connectivity index is 1.75. The first-order valence-electron chi connectivity index (χ1n) is 7.04. The van der Waals surface area contributed by atoms with E-state index in [1.54, 1.807) is 0 Å². The normalized spacial score (nSPS) is 13.3. The summed E-state index contributed by atoms with van der Waals surface area (Å²) >= 11 is 5.71. The molecule has 0 bridgehead atoms. The van der Waals surface area contributed by atoms with Crippen LogP contribution in [0.5, 0.6) is 0 Å². The van der Waals surface area contributed by atoms with Gasteiger partial charge in [0.05, 0.1) is 16.0 Å². The molecule has 25 heavy (non-hydrogen) atoms. The minimum Gasteiger partial charge on any atom is -0.325 e. The predicted molar refractivity (Wildman–Crippen MR) is 90.4 cm³/mol. The fraction of sp³-hybridized carbons (Fsp3) is 0.0625. The van der Waals surface area contributed by atoms with Gasteiger partial charge in [-0.25, -0.2) is 8.42 Å². The third-order valence-electron chi connectivity index (χ3n) is 3.51. The molecule has 0 unspecified atom stereocenters. The van der Waals surface area contributed by atoms with Gasteiger partial charge in [-0.15, -0.1) is 0 Å². The average Bonchev–Trinajstić information content (AvgIpc) is 2.81. The summed E-state index contributed by atoms with van der Waals surface area (Å²) in [6, 6.07) is 9.60. The minimum absolute atomic E-state index is 0.0222. The van der Waals surface area contributed by atoms with Crippen LogP contribution in [0.4, 0.5) is 5.69 Å². The summed E-state index contributed by atoms with van der Waals surface area (Å²) in [7, 11) is -3.83. The monoisotopic (exact) mass is 378 g/mol. The molecular weight excluding hydrogens is 368 g/mol. The molecule has 1 aliphatic rings. The smallest absolute Gasteiger partial charge is 0.259 e. The second-order valence-electron chi connectivity index (χ2n) is 5.30. The lowest BCUT2D eigenvalue weighted by atomic mass is 10.1. The van der Waals surface area contributed by atoms with E-state index in [1.165, 1.54) is 42.5 Å². The Morgan fingerprint density at radius 2 is 1.64 bits per heavy atom. The van der Waals surface area contributed by atoms with Crippen LogP contribution in [0.2, 0.25) is 5.02 Å². The van der Waals surface area contributed by atoms with Crippen LogP contribution in [0.15, 0.2) is 47.4 Å². The number of hydrogen-bond donors (Lipinski definition) is 2. The third-order valence-corrected chi connectivity index (χ3v) is 5.40. The van der Waals surface area contributed by atoms with Crippen molar-refractivity contribution in [3.63, 3.8) is 0 Å². The predicted octanol–water partition coefficient (Wildman–Crippen LogP) is 1.64. The summed E-state index contributed by atoms with van der Waals surface area (Å²) in [5.41, 5.74) is 0.556. The van der Waals surface area contributed by atoms with Crippen LogP contribution in [0.1, 0.15) is 20.7 Å². The van der Waals surface area contributed by atoms with E-state index < -0.39 is 33.3 Å². The topological polar surface area (TPSA) is 109 Å². The number of benzene rings is 2. The van der Waals surface area contributed by atoms with Gasteiger partial charge in [-0.3, -0.25) is 19.7 Å². The lowest BCUT2D eigenvalue weighted by Gasteiger charge is -2.07. The van der Waals surface area contributed by atoms with Crippen molar-refractivity contribution in [3.8, 4) is 0 Å². The molecule has 0 aliphatic carbocycles. The van der Waals surface area contributed by atoms with Crippen LogP contribution in [0, 0.1) is 0 Å². The van der Waals surface area contributed by atoms with Crippen molar-refractivity contribution in [1.29, 1.82) is 0 Å². The van der Waals surface area contributed by atoms with Gasteiger partial charge in [0.2, 0.25) is 5.91 Å². The van der Waals surface area contributed by atoms with E-state index in [1.807, 2.05) is 0 Å². The second-order valence-corrected chi connectivity index (χ2v) is 7.73. The zero-order valence-corrected chi connectivity index (χ0v) is 14.1. The summed E-state index contributed by atoms with van der Waals surface area (Å²) in [5, 5.41) is 4.92. The van der Waals surface area contributed by atoms with Gasteiger partial charge >= 0.3 is 0 Å². The summed E-state index contributed by atoms with van der Waals surface area (Å²) in [6.45, 7) is 0. The van der Waals surface area contributed by atoms with Crippen molar-refractivity contribution >= 4 is 44.8 Å². The first kappa shape index (κ1) is 17.1. The van der Waals surface area contributed by atoms with Crippen LogP contribution in [0.3, 0.4) is 0 Å². The average molecular weight is 379 g/mol. The standard InChI is InChI=1S/C16H11ClN2O5S/c17-9-1-4-11(5-2-9)25(23,24)8-14(20)18-10-3-6-12-13(7-10)16(22)19-15(12)21/h1-7H,8H2,(H,18,20)(H,19,21,22). The van der Waals surface area contributed by atoms with E-state index in [-0.39, 0.29) is 21.7 Å². The van der Waals surface area contributed by atoms with Gasteiger partial charge in [0.1, 0.15) is 5.75 Å². The van der Waals surface area contributed by atoms with Crippen molar-refractivity contribution in [2.45, 2.75) is 4.90 Å². The van der Waals surface area contributed by atoms with Crippen LogP contribution in [-0.4, -0.2) is 31.9 Å². The molecule has 0 aromatic heterocycles. The van der Waals surface area contributed by atoms with E-state index in [0.717, 1.165) is 0 Å². The molecule has 0 atom stereocenters. The maximum atomic E-state index is 12.2. The van der Waals surface area contributed by atoms with Gasteiger partial charge in [0.15, 0.2) is 9.84 Å². The highest BCUT2D eigenvalue weighted by Gasteiger charge is 2.27.